The Morgan fingerprint density at radius 1 is 0.867 bits per heavy atom. The number of fused-ring (bicyclic) bond motifs is 1. The summed E-state index contributed by atoms with van der Waals surface area (Å²) in [7, 11) is 5.85. The van der Waals surface area contributed by atoms with Crippen LogP contribution in [0.25, 0.3) is 0 Å². The van der Waals surface area contributed by atoms with Crippen LogP contribution in [0, 0.1) is 5.92 Å². The highest BCUT2D eigenvalue weighted by molar-refractivity contribution is 6.05. The molecule has 0 spiro atoms. The Labute approximate surface area is 262 Å². The number of carbonyl (C=O) groups excluding carboxylic acids is 3. The quantitative estimate of drug-likeness (QED) is 0.226. The Hall–Kier alpha value is -4.93. The van der Waals surface area contributed by atoms with Gasteiger partial charge < -0.3 is 38.5 Å². The lowest BCUT2D eigenvalue weighted by molar-refractivity contribution is -0.136. The second kappa shape index (κ2) is 14.2. The summed E-state index contributed by atoms with van der Waals surface area (Å²) in [6, 6.07) is 14.9. The van der Waals surface area contributed by atoms with E-state index in [0.717, 1.165) is 5.56 Å². The van der Waals surface area contributed by atoms with Crippen LogP contribution in [0.5, 0.6) is 34.5 Å². The van der Waals surface area contributed by atoms with E-state index >= 15 is 0 Å². The molecule has 3 aromatic rings. The van der Waals surface area contributed by atoms with Gasteiger partial charge in [-0.1, -0.05) is 36.4 Å². The fourth-order valence-corrected chi connectivity index (χ4v) is 4.99. The summed E-state index contributed by atoms with van der Waals surface area (Å²) < 4.78 is 39.0. The molecule has 1 amide bonds. The highest BCUT2D eigenvalue weighted by Gasteiger charge is 2.36. The summed E-state index contributed by atoms with van der Waals surface area (Å²) in [5.41, 5.74) is 1.02. The second-order valence-electron chi connectivity index (χ2n) is 11.4. The van der Waals surface area contributed by atoms with Crippen molar-refractivity contribution in [2.45, 2.75) is 45.3 Å². The maximum absolute atomic E-state index is 13.7. The van der Waals surface area contributed by atoms with Crippen LogP contribution in [0.1, 0.15) is 42.3 Å². The Balaban J connectivity index is 1.57. The number of amides is 1. The molecule has 1 unspecified atom stereocenters. The maximum Gasteiger partial charge on any atom is 0.408 e. The molecule has 0 aromatic heterocycles. The molecule has 0 radical (unpaired) electrons. The van der Waals surface area contributed by atoms with Crippen molar-refractivity contribution in [3.8, 4) is 34.5 Å². The summed E-state index contributed by atoms with van der Waals surface area (Å²) in [6.07, 6.45) is -0.306. The Kier molecular flexibility index (Phi) is 10.4. The minimum absolute atomic E-state index is 0.116. The molecule has 2 atom stereocenters. The van der Waals surface area contributed by atoms with Gasteiger partial charge in [-0.15, -0.1) is 0 Å². The number of carbonyl (C=O) groups is 3. The number of esters is 1. The molecule has 240 valence electrons. The number of methoxy groups -OCH3 is 4. The van der Waals surface area contributed by atoms with Gasteiger partial charge in [-0.3, -0.25) is 4.79 Å². The Bertz CT molecular complexity index is 1530. The molecular formula is C34H39NO10. The first kappa shape index (κ1) is 33.0. The van der Waals surface area contributed by atoms with Gasteiger partial charge in [-0.25, -0.2) is 9.59 Å². The number of ketones is 1. The van der Waals surface area contributed by atoms with E-state index in [9.17, 15) is 14.4 Å². The molecule has 45 heavy (non-hydrogen) atoms. The largest absolute Gasteiger partial charge is 0.493 e. The molecular weight excluding hydrogens is 582 g/mol. The van der Waals surface area contributed by atoms with Crippen molar-refractivity contribution in [1.29, 1.82) is 0 Å². The third kappa shape index (κ3) is 7.97. The van der Waals surface area contributed by atoms with Gasteiger partial charge in [0.2, 0.25) is 5.75 Å². The second-order valence-corrected chi connectivity index (χ2v) is 11.4. The highest BCUT2D eigenvalue weighted by Crippen LogP contribution is 2.47. The predicted octanol–water partition coefficient (Wildman–Crippen LogP) is 5.20. The molecule has 0 bridgehead atoms. The lowest BCUT2D eigenvalue weighted by Gasteiger charge is -2.27. The molecule has 0 fully saturated rings. The van der Waals surface area contributed by atoms with E-state index in [1.165, 1.54) is 28.4 Å². The molecule has 3 aromatic carbocycles. The molecule has 1 aliphatic heterocycles. The van der Waals surface area contributed by atoms with Gasteiger partial charge in [0.05, 0.1) is 41.0 Å². The molecule has 0 saturated heterocycles. The maximum atomic E-state index is 13.7. The van der Waals surface area contributed by atoms with Gasteiger partial charge in [0, 0.05) is 12.5 Å². The number of alkyl carbamates (subject to hydrolysis) is 1. The smallest absolute Gasteiger partial charge is 0.408 e. The lowest BCUT2D eigenvalue weighted by atomic mass is 9.88. The summed E-state index contributed by atoms with van der Waals surface area (Å²) in [6.45, 7) is 5.32. The van der Waals surface area contributed by atoms with Crippen molar-refractivity contribution in [2.75, 3.05) is 35.0 Å². The van der Waals surface area contributed by atoms with Crippen molar-refractivity contribution in [3.63, 3.8) is 0 Å². The summed E-state index contributed by atoms with van der Waals surface area (Å²) >= 11 is 0. The first-order valence-electron chi connectivity index (χ1n) is 14.4. The highest BCUT2D eigenvalue weighted by atomic mass is 16.6. The molecule has 1 heterocycles. The molecule has 11 heteroatoms. The van der Waals surface area contributed by atoms with Gasteiger partial charge in [0.1, 0.15) is 23.0 Å². The topological polar surface area (TPSA) is 128 Å². The standard InChI is InChI=1S/C34H39NO10/c1-34(2,3)45-33(38)35-23(16-20-11-9-8-10-12-20)32(37)44-25-17-21(13-14-24(25)39-4)15-22-19-43-26-18-27(40-5)30(41-6)31(42-7)28(26)29(22)36/h8-14,17-18,22-23H,15-16,19H2,1-7H3,(H,35,38)/t22?,23-/m0/s1. The fourth-order valence-electron chi connectivity index (χ4n) is 4.99. The van der Waals surface area contributed by atoms with E-state index in [2.05, 4.69) is 5.32 Å². The summed E-state index contributed by atoms with van der Waals surface area (Å²) in [5, 5.41) is 2.63. The van der Waals surface area contributed by atoms with Gasteiger partial charge in [-0.2, -0.15) is 0 Å². The van der Waals surface area contributed by atoms with Crippen molar-refractivity contribution in [3.05, 3.63) is 71.3 Å². The Morgan fingerprint density at radius 2 is 1.56 bits per heavy atom. The monoisotopic (exact) mass is 621 g/mol. The number of hydrogen-bond donors (Lipinski definition) is 1. The van der Waals surface area contributed by atoms with Crippen molar-refractivity contribution in [1.82, 2.24) is 5.32 Å². The minimum Gasteiger partial charge on any atom is -0.493 e. The molecule has 1 N–H and O–H groups in total. The van der Waals surface area contributed by atoms with E-state index in [1.54, 1.807) is 45.0 Å². The van der Waals surface area contributed by atoms with E-state index in [-0.39, 0.29) is 42.3 Å². The van der Waals surface area contributed by atoms with Crippen LogP contribution in [0.4, 0.5) is 4.79 Å². The van der Waals surface area contributed by atoms with Crippen LogP contribution in [0.2, 0.25) is 0 Å². The number of hydrogen-bond acceptors (Lipinski definition) is 10. The van der Waals surface area contributed by atoms with Crippen LogP contribution in [-0.4, -0.2) is 64.5 Å². The zero-order valence-corrected chi connectivity index (χ0v) is 26.6. The normalized spacial score (nSPS) is 14.7. The average molecular weight is 622 g/mol. The van der Waals surface area contributed by atoms with Crippen molar-refractivity contribution >= 4 is 17.8 Å². The van der Waals surface area contributed by atoms with Crippen molar-refractivity contribution in [2.24, 2.45) is 5.92 Å². The van der Waals surface area contributed by atoms with Crippen LogP contribution in [0.3, 0.4) is 0 Å². The van der Waals surface area contributed by atoms with E-state index in [0.29, 0.717) is 28.6 Å². The number of ether oxygens (including phenoxy) is 7. The predicted molar refractivity (Wildman–Crippen MR) is 165 cm³/mol. The van der Waals surface area contributed by atoms with E-state index in [4.69, 9.17) is 33.2 Å². The number of nitrogens with one attached hydrogen (secondary N) is 1. The van der Waals surface area contributed by atoms with Gasteiger partial charge in [-0.05, 0) is 50.5 Å². The van der Waals surface area contributed by atoms with Gasteiger partial charge in [0.25, 0.3) is 0 Å². The van der Waals surface area contributed by atoms with Crippen LogP contribution < -0.4 is 33.7 Å². The van der Waals surface area contributed by atoms with Crippen LogP contribution >= 0.6 is 0 Å². The fraction of sp³-hybridized carbons (Fsp3) is 0.382. The van der Waals surface area contributed by atoms with Crippen molar-refractivity contribution < 1.29 is 47.5 Å². The average Bonchev–Trinajstić information content (AvgIpc) is 3.00. The minimum atomic E-state index is -1.06. The summed E-state index contributed by atoms with van der Waals surface area (Å²) in [5.74, 6) is 0.221. The summed E-state index contributed by atoms with van der Waals surface area (Å²) in [4.78, 5) is 39.8. The Morgan fingerprint density at radius 3 is 2.18 bits per heavy atom. The number of benzene rings is 3. The van der Waals surface area contributed by atoms with Gasteiger partial charge >= 0.3 is 12.1 Å². The molecule has 4 rings (SSSR count). The zero-order chi connectivity index (χ0) is 32.7. The van der Waals surface area contributed by atoms with E-state index < -0.39 is 29.6 Å². The number of rotatable bonds is 11. The first-order valence-corrected chi connectivity index (χ1v) is 14.4. The molecule has 0 aliphatic carbocycles. The zero-order valence-electron chi connectivity index (χ0n) is 26.6. The molecule has 1 aliphatic rings. The van der Waals surface area contributed by atoms with Crippen LogP contribution in [0.15, 0.2) is 54.6 Å². The first-order chi connectivity index (χ1) is 21.5. The van der Waals surface area contributed by atoms with Gasteiger partial charge in [0.15, 0.2) is 28.8 Å². The number of Topliss-reactive ketones (excluding diaryl/α,β-unsaturated/α-hetero) is 1. The SMILES string of the molecule is COc1ccc(CC2COc3cc(OC)c(OC)c(OC)c3C2=O)cc1OC(=O)[C@H](Cc1ccccc1)NC(=O)OC(C)(C)C. The molecule has 0 saturated carbocycles. The lowest BCUT2D eigenvalue weighted by Crippen LogP contribution is -2.46. The van der Waals surface area contributed by atoms with E-state index in [1.807, 2.05) is 30.3 Å². The van der Waals surface area contributed by atoms with Crippen LogP contribution in [-0.2, 0) is 22.4 Å². The third-order valence-corrected chi connectivity index (χ3v) is 7.03. The third-order valence-electron chi connectivity index (χ3n) is 7.03. The molecule has 11 nitrogen and oxygen atoms in total.